The maximum atomic E-state index is 14.9. The SMILES string of the molecule is C/C=C/C1CCC2CC(c3ccc(-c4cc(F)c(C#N)c(F)c4)c(F)c3)CCC2C1. The van der Waals surface area contributed by atoms with Crippen LogP contribution < -0.4 is 0 Å². The molecular weight excluding hydrogens is 383 g/mol. The number of fused-ring (bicyclic) bond motifs is 1. The number of hydrogen-bond donors (Lipinski definition) is 0. The molecule has 0 aliphatic heterocycles. The lowest BCUT2D eigenvalue weighted by atomic mass is 9.64. The summed E-state index contributed by atoms with van der Waals surface area (Å²) >= 11 is 0. The maximum Gasteiger partial charge on any atom is 0.144 e. The third kappa shape index (κ3) is 4.03. The first-order chi connectivity index (χ1) is 14.5. The van der Waals surface area contributed by atoms with Gasteiger partial charge in [-0.3, -0.25) is 0 Å². The van der Waals surface area contributed by atoms with Gasteiger partial charge >= 0.3 is 0 Å². The second kappa shape index (κ2) is 8.68. The van der Waals surface area contributed by atoms with E-state index in [1.807, 2.05) is 6.07 Å². The summed E-state index contributed by atoms with van der Waals surface area (Å²) in [4.78, 5) is 0. The molecule has 2 aliphatic rings. The highest BCUT2D eigenvalue weighted by Crippen LogP contribution is 2.48. The Morgan fingerprint density at radius 3 is 2.27 bits per heavy atom. The van der Waals surface area contributed by atoms with E-state index in [1.165, 1.54) is 37.8 Å². The Labute approximate surface area is 176 Å². The monoisotopic (exact) mass is 409 g/mol. The molecule has 0 amide bonds. The predicted molar refractivity (Wildman–Crippen MR) is 112 cm³/mol. The van der Waals surface area contributed by atoms with E-state index >= 15 is 0 Å². The van der Waals surface area contributed by atoms with Crippen LogP contribution in [0.2, 0.25) is 0 Å². The summed E-state index contributed by atoms with van der Waals surface area (Å²) in [7, 11) is 0. The summed E-state index contributed by atoms with van der Waals surface area (Å²) in [5, 5.41) is 8.81. The van der Waals surface area contributed by atoms with Crippen molar-refractivity contribution in [2.24, 2.45) is 17.8 Å². The molecule has 4 unspecified atom stereocenters. The van der Waals surface area contributed by atoms with Crippen molar-refractivity contribution in [2.45, 2.75) is 51.4 Å². The molecule has 30 heavy (non-hydrogen) atoms. The molecule has 4 atom stereocenters. The molecule has 0 radical (unpaired) electrons. The van der Waals surface area contributed by atoms with Gasteiger partial charge < -0.3 is 0 Å². The lowest BCUT2D eigenvalue weighted by Crippen LogP contribution is -2.30. The van der Waals surface area contributed by atoms with Crippen LogP contribution in [0.15, 0.2) is 42.5 Å². The zero-order chi connectivity index (χ0) is 21.3. The molecule has 0 spiro atoms. The van der Waals surface area contributed by atoms with Gasteiger partial charge in [0.2, 0.25) is 0 Å². The first-order valence-electron chi connectivity index (χ1n) is 10.8. The van der Waals surface area contributed by atoms with Crippen LogP contribution in [0.4, 0.5) is 13.2 Å². The summed E-state index contributed by atoms with van der Waals surface area (Å²) in [6.45, 7) is 2.09. The minimum Gasteiger partial charge on any atom is -0.206 e. The van der Waals surface area contributed by atoms with Crippen molar-refractivity contribution in [3.63, 3.8) is 0 Å². The number of rotatable bonds is 3. The number of benzene rings is 2. The van der Waals surface area contributed by atoms with Crippen LogP contribution in [-0.4, -0.2) is 0 Å². The second-order valence-corrected chi connectivity index (χ2v) is 8.80. The van der Waals surface area contributed by atoms with Crippen LogP contribution in [0.25, 0.3) is 11.1 Å². The molecule has 0 heterocycles. The van der Waals surface area contributed by atoms with Crippen molar-refractivity contribution < 1.29 is 13.2 Å². The molecule has 4 rings (SSSR count). The average molecular weight is 409 g/mol. The number of hydrogen-bond acceptors (Lipinski definition) is 1. The predicted octanol–water partition coefficient (Wildman–Crippen LogP) is 7.52. The topological polar surface area (TPSA) is 23.8 Å². The van der Waals surface area contributed by atoms with Gasteiger partial charge in [0.05, 0.1) is 0 Å². The Morgan fingerprint density at radius 1 is 0.900 bits per heavy atom. The van der Waals surface area contributed by atoms with Gasteiger partial charge in [-0.1, -0.05) is 24.3 Å². The van der Waals surface area contributed by atoms with Gasteiger partial charge in [0.15, 0.2) is 0 Å². The average Bonchev–Trinajstić information content (AvgIpc) is 2.73. The summed E-state index contributed by atoms with van der Waals surface area (Å²) in [6.07, 6.45) is 11.6. The molecule has 2 aliphatic carbocycles. The smallest absolute Gasteiger partial charge is 0.144 e. The molecule has 1 nitrogen and oxygen atoms in total. The van der Waals surface area contributed by atoms with Crippen molar-refractivity contribution in [3.8, 4) is 17.2 Å². The zero-order valence-corrected chi connectivity index (χ0v) is 17.2. The molecule has 2 aromatic carbocycles. The molecule has 2 aromatic rings. The quantitative estimate of drug-likeness (QED) is 0.481. The van der Waals surface area contributed by atoms with Crippen molar-refractivity contribution in [3.05, 3.63) is 71.1 Å². The Morgan fingerprint density at radius 2 is 1.60 bits per heavy atom. The Hall–Kier alpha value is -2.54. The number of allylic oxidation sites excluding steroid dienone is 2. The normalized spacial score (nSPS) is 26.4. The fourth-order valence-electron chi connectivity index (χ4n) is 5.53. The van der Waals surface area contributed by atoms with Crippen molar-refractivity contribution in [1.82, 2.24) is 0 Å². The molecular formula is C26H26F3N. The minimum absolute atomic E-state index is 0.110. The van der Waals surface area contributed by atoms with Crippen LogP contribution in [0.5, 0.6) is 0 Å². The van der Waals surface area contributed by atoms with E-state index in [4.69, 9.17) is 5.26 Å². The summed E-state index contributed by atoms with van der Waals surface area (Å²) < 4.78 is 42.8. The first-order valence-corrected chi connectivity index (χ1v) is 10.8. The lowest BCUT2D eigenvalue weighted by Gasteiger charge is -2.41. The highest BCUT2D eigenvalue weighted by atomic mass is 19.1. The lowest BCUT2D eigenvalue weighted by molar-refractivity contribution is 0.133. The van der Waals surface area contributed by atoms with Gasteiger partial charge in [0.1, 0.15) is 29.1 Å². The molecule has 0 N–H and O–H groups in total. The Balaban J connectivity index is 1.52. The molecule has 0 saturated heterocycles. The maximum absolute atomic E-state index is 14.9. The van der Waals surface area contributed by atoms with E-state index in [1.54, 1.807) is 6.07 Å². The zero-order valence-electron chi connectivity index (χ0n) is 17.2. The van der Waals surface area contributed by atoms with Crippen molar-refractivity contribution >= 4 is 0 Å². The van der Waals surface area contributed by atoms with Gasteiger partial charge in [-0.2, -0.15) is 5.26 Å². The minimum atomic E-state index is -0.970. The molecule has 0 aromatic heterocycles. The molecule has 0 bridgehead atoms. The van der Waals surface area contributed by atoms with Crippen LogP contribution >= 0.6 is 0 Å². The van der Waals surface area contributed by atoms with Crippen molar-refractivity contribution in [1.29, 1.82) is 5.26 Å². The van der Waals surface area contributed by atoms with E-state index in [9.17, 15) is 13.2 Å². The third-order valence-electron chi connectivity index (χ3n) is 7.05. The summed E-state index contributed by atoms with van der Waals surface area (Å²) in [5.74, 6) is 0.0976. The first kappa shape index (κ1) is 20.7. The fraction of sp³-hybridized carbons (Fsp3) is 0.423. The van der Waals surface area contributed by atoms with Gasteiger partial charge in [0.25, 0.3) is 0 Å². The van der Waals surface area contributed by atoms with Crippen LogP contribution in [-0.2, 0) is 0 Å². The second-order valence-electron chi connectivity index (χ2n) is 8.80. The molecule has 156 valence electrons. The van der Waals surface area contributed by atoms with Gasteiger partial charge in [-0.05, 0) is 98.4 Å². The van der Waals surface area contributed by atoms with E-state index in [-0.39, 0.29) is 11.1 Å². The summed E-state index contributed by atoms with van der Waals surface area (Å²) in [6, 6.07) is 8.57. The highest BCUT2D eigenvalue weighted by molar-refractivity contribution is 5.66. The van der Waals surface area contributed by atoms with Crippen LogP contribution in [0.3, 0.4) is 0 Å². The van der Waals surface area contributed by atoms with E-state index < -0.39 is 23.0 Å². The van der Waals surface area contributed by atoms with Crippen LogP contribution in [0, 0.1) is 46.5 Å². The standard InChI is InChI=1S/C26H26F3N/c1-2-3-16-4-5-18-11-19(7-6-17(18)10-16)20-8-9-22(24(27)12-20)21-13-25(28)23(15-30)26(29)14-21/h2-3,8-9,12-14,16-19H,4-7,10-11H2,1H3/b3-2+. The van der Waals surface area contributed by atoms with Crippen LogP contribution in [0.1, 0.15) is 62.5 Å². The number of nitrogens with zero attached hydrogens (tertiary/aromatic N) is 1. The van der Waals surface area contributed by atoms with Gasteiger partial charge in [-0.15, -0.1) is 0 Å². The third-order valence-corrected chi connectivity index (χ3v) is 7.05. The summed E-state index contributed by atoms with van der Waals surface area (Å²) in [5.41, 5.74) is 0.595. The molecule has 4 heteroatoms. The largest absolute Gasteiger partial charge is 0.206 e. The fourth-order valence-corrected chi connectivity index (χ4v) is 5.53. The number of halogens is 3. The number of nitriles is 1. The van der Waals surface area contributed by atoms with Gasteiger partial charge in [-0.25, -0.2) is 13.2 Å². The van der Waals surface area contributed by atoms with Crippen molar-refractivity contribution in [2.75, 3.05) is 0 Å². The van der Waals surface area contributed by atoms with Gasteiger partial charge in [0, 0.05) is 5.56 Å². The van der Waals surface area contributed by atoms with E-state index in [2.05, 4.69) is 19.1 Å². The Bertz CT molecular complexity index is 981. The highest BCUT2D eigenvalue weighted by Gasteiger charge is 2.35. The Kier molecular flexibility index (Phi) is 5.99. The van der Waals surface area contributed by atoms with E-state index in [0.29, 0.717) is 17.8 Å². The molecule has 2 saturated carbocycles. The molecule has 2 fully saturated rings. The van der Waals surface area contributed by atoms with E-state index in [0.717, 1.165) is 36.5 Å².